The van der Waals surface area contributed by atoms with Crippen molar-refractivity contribution < 1.29 is 0 Å². The van der Waals surface area contributed by atoms with Gasteiger partial charge in [-0.3, -0.25) is 0 Å². The Bertz CT molecular complexity index is 251. The Morgan fingerprint density at radius 3 is 1.96 bits per heavy atom. The van der Waals surface area contributed by atoms with Gasteiger partial charge in [0.2, 0.25) is 0 Å². The second-order valence-electron chi connectivity index (χ2n) is 7.50. The summed E-state index contributed by atoms with van der Waals surface area (Å²) in [5.41, 5.74) is 1.76. The predicted molar refractivity (Wildman–Crippen MR) is 108 cm³/mol. The highest BCUT2D eigenvalue weighted by Crippen LogP contribution is 2.24. The molecule has 0 heteroatoms. The average molecular weight is 323 g/mol. The minimum atomic E-state index is 0.999. The molecule has 0 nitrogen and oxygen atoms in total. The molecule has 0 spiro atoms. The van der Waals surface area contributed by atoms with Crippen LogP contribution in [0.5, 0.6) is 0 Å². The molecule has 0 aromatic heterocycles. The molecule has 0 aliphatic heterocycles. The van der Waals surface area contributed by atoms with Crippen LogP contribution in [0.2, 0.25) is 0 Å². The molecule has 0 radical (unpaired) electrons. The van der Waals surface area contributed by atoms with Gasteiger partial charge >= 0.3 is 0 Å². The van der Waals surface area contributed by atoms with Crippen molar-refractivity contribution in [3.63, 3.8) is 0 Å². The SMILES string of the molecule is CCCCCCC=C(CCC)CCCC(CCC)CCCCC. The molecule has 0 rings (SSSR count). The van der Waals surface area contributed by atoms with Crippen LogP contribution in [0.15, 0.2) is 11.6 Å². The number of hydrogen-bond acceptors (Lipinski definition) is 0. The summed E-state index contributed by atoms with van der Waals surface area (Å²) in [6.45, 7) is 9.30. The van der Waals surface area contributed by atoms with Crippen molar-refractivity contribution >= 4 is 0 Å². The maximum atomic E-state index is 2.59. The molecule has 1 unspecified atom stereocenters. The van der Waals surface area contributed by atoms with Crippen LogP contribution >= 0.6 is 0 Å². The van der Waals surface area contributed by atoms with Gasteiger partial charge in [-0.15, -0.1) is 0 Å². The maximum absolute atomic E-state index is 2.59. The van der Waals surface area contributed by atoms with E-state index in [1.807, 2.05) is 0 Å². The molecule has 0 amide bonds. The molecule has 0 aromatic carbocycles. The Morgan fingerprint density at radius 2 is 1.30 bits per heavy atom. The summed E-state index contributed by atoms with van der Waals surface area (Å²) in [7, 11) is 0. The van der Waals surface area contributed by atoms with Gasteiger partial charge in [-0.05, 0) is 38.0 Å². The van der Waals surface area contributed by atoms with Gasteiger partial charge < -0.3 is 0 Å². The van der Waals surface area contributed by atoms with Crippen LogP contribution in [-0.2, 0) is 0 Å². The van der Waals surface area contributed by atoms with E-state index < -0.39 is 0 Å². The lowest BCUT2D eigenvalue weighted by Crippen LogP contribution is -2.01. The first-order valence-electron chi connectivity index (χ1n) is 11.0. The van der Waals surface area contributed by atoms with Crippen molar-refractivity contribution in [2.45, 2.75) is 130 Å². The Morgan fingerprint density at radius 1 is 0.609 bits per heavy atom. The summed E-state index contributed by atoms with van der Waals surface area (Å²) in [5.74, 6) is 0.999. The Kier molecular flexibility index (Phi) is 17.9. The highest BCUT2D eigenvalue weighted by Gasteiger charge is 2.08. The number of allylic oxidation sites excluding steroid dienone is 2. The third kappa shape index (κ3) is 15.0. The monoisotopic (exact) mass is 322 g/mol. The number of unbranched alkanes of at least 4 members (excludes halogenated alkanes) is 6. The molecule has 0 N–H and O–H groups in total. The lowest BCUT2D eigenvalue weighted by Gasteiger charge is -2.16. The lowest BCUT2D eigenvalue weighted by molar-refractivity contribution is 0.387. The van der Waals surface area contributed by atoms with Gasteiger partial charge in [0.25, 0.3) is 0 Å². The molecule has 0 saturated carbocycles. The first-order valence-corrected chi connectivity index (χ1v) is 11.0. The van der Waals surface area contributed by atoms with Gasteiger partial charge in [0.15, 0.2) is 0 Å². The van der Waals surface area contributed by atoms with Gasteiger partial charge in [0, 0.05) is 0 Å². The fourth-order valence-corrected chi connectivity index (χ4v) is 3.67. The van der Waals surface area contributed by atoms with Crippen molar-refractivity contribution in [2.75, 3.05) is 0 Å². The first kappa shape index (κ1) is 22.7. The Hall–Kier alpha value is -0.260. The van der Waals surface area contributed by atoms with E-state index in [1.165, 1.54) is 103 Å². The molecule has 0 saturated heterocycles. The van der Waals surface area contributed by atoms with Crippen molar-refractivity contribution in [3.8, 4) is 0 Å². The topological polar surface area (TPSA) is 0 Å². The zero-order valence-electron chi connectivity index (χ0n) is 17.0. The zero-order valence-corrected chi connectivity index (χ0v) is 17.0. The van der Waals surface area contributed by atoms with Gasteiger partial charge in [-0.1, -0.05) is 110 Å². The fourth-order valence-electron chi connectivity index (χ4n) is 3.67. The molecule has 1 atom stereocenters. The van der Waals surface area contributed by atoms with Crippen LogP contribution in [0, 0.1) is 5.92 Å². The second-order valence-corrected chi connectivity index (χ2v) is 7.50. The summed E-state index contributed by atoms with van der Waals surface area (Å²) in [4.78, 5) is 0. The van der Waals surface area contributed by atoms with Gasteiger partial charge in [-0.2, -0.15) is 0 Å². The molecular formula is C23H46. The molecule has 0 aliphatic carbocycles. The summed E-state index contributed by atoms with van der Waals surface area (Å²) in [5, 5.41) is 0. The minimum absolute atomic E-state index is 0.999. The van der Waals surface area contributed by atoms with Crippen LogP contribution < -0.4 is 0 Å². The van der Waals surface area contributed by atoms with Crippen LogP contribution in [0.4, 0.5) is 0 Å². The van der Waals surface area contributed by atoms with Crippen LogP contribution in [0.3, 0.4) is 0 Å². The number of rotatable bonds is 17. The molecular weight excluding hydrogens is 276 g/mol. The van der Waals surface area contributed by atoms with Crippen LogP contribution in [0.1, 0.15) is 130 Å². The highest BCUT2D eigenvalue weighted by molar-refractivity contribution is 5.01. The van der Waals surface area contributed by atoms with E-state index in [9.17, 15) is 0 Å². The fraction of sp³-hybridized carbons (Fsp3) is 0.913. The third-order valence-electron chi connectivity index (χ3n) is 5.08. The van der Waals surface area contributed by atoms with Crippen molar-refractivity contribution in [2.24, 2.45) is 5.92 Å². The Balaban J connectivity index is 4.03. The van der Waals surface area contributed by atoms with Gasteiger partial charge in [-0.25, -0.2) is 0 Å². The molecule has 0 aromatic rings. The summed E-state index contributed by atoms with van der Waals surface area (Å²) in [6.07, 6.45) is 24.9. The maximum Gasteiger partial charge on any atom is -0.0320 e. The zero-order chi connectivity index (χ0) is 17.2. The third-order valence-corrected chi connectivity index (χ3v) is 5.08. The van der Waals surface area contributed by atoms with Crippen LogP contribution in [-0.4, -0.2) is 0 Å². The average Bonchev–Trinajstić information content (AvgIpc) is 2.54. The second kappa shape index (κ2) is 18.1. The van der Waals surface area contributed by atoms with Crippen molar-refractivity contribution in [1.29, 1.82) is 0 Å². The van der Waals surface area contributed by atoms with E-state index in [4.69, 9.17) is 0 Å². The van der Waals surface area contributed by atoms with Crippen molar-refractivity contribution in [1.82, 2.24) is 0 Å². The number of hydrogen-bond donors (Lipinski definition) is 0. The van der Waals surface area contributed by atoms with Crippen molar-refractivity contribution in [3.05, 3.63) is 11.6 Å². The van der Waals surface area contributed by atoms with E-state index in [0.717, 1.165) is 5.92 Å². The van der Waals surface area contributed by atoms with Gasteiger partial charge in [0.1, 0.15) is 0 Å². The molecule has 23 heavy (non-hydrogen) atoms. The largest absolute Gasteiger partial charge is 0.0853 e. The van der Waals surface area contributed by atoms with Crippen LogP contribution in [0.25, 0.3) is 0 Å². The van der Waals surface area contributed by atoms with Gasteiger partial charge in [0.05, 0.1) is 0 Å². The van der Waals surface area contributed by atoms with E-state index >= 15 is 0 Å². The Labute approximate surface area is 148 Å². The smallest absolute Gasteiger partial charge is 0.0320 e. The van der Waals surface area contributed by atoms with E-state index in [1.54, 1.807) is 5.57 Å². The summed E-state index contributed by atoms with van der Waals surface area (Å²) >= 11 is 0. The molecule has 0 aliphatic rings. The summed E-state index contributed by atoms with van der Waals surface area (Å²) in [6, 6.07) is 0. The van der Waals surface area contributed by atoms with E-state index in [0.29, 0.717) is 0 Å². The first-order chi connectivity index (χ1) is 11.3. The molecule has 0 bridgehead atoms. The van der Waals surface area contributed by atoms with E-state index in [-0.39, 0.29) is 0 Å². The van der Waals surface area contributed by atoms with E-state index in [2.05, 4.69) is 33.8 Å². The standard InChI is InChI=1S/C23H46/c1-5-9-11-12-14-19-23(17-8-4)21-15-20-22(16-7-3)18-13-10-6-2/h19,22H,5-18,20-21H2,1-4H3. The molecule has 0 fully saturated rings. The quantitative estimate of drug-likeness (QED) is 0.185. The lowest BCUT2D eigenvalue weighted by atomic mass is 9.90. The molecule has 138 valence electrons. The molecule has 0 heterocycles. The predicted octanol–water partition coefficient (Wildman–Crippen LogP) is 8.85. The normalized spacial score (nSPS) is 13.5. The highest BCUT2D eigenvalue weighted by atomic mass is 14.1. The summed E-state index contributed by atoms with van der Waals surface area (Å²) < 4.78 is 0. The minimum Gasteiger partial charge on any atom is -0.0853 e.